The lowest BCUT2D eigenvalue weighted by Gasteiger charge is -2.03. The van der Waals surface area contributed by atoms with Gasteiger partial charge in [-0.05, 0) is 44.4 Å². The molecule has 0 aromatic carbocycles. The molecule has 1 N–H and O–H groups in total. The van der Waals surface area contributed by atoms with E-state index in [0.29, 0.717) is 0 Å². The van der Waals surface area contributed by atoms with Crippen LogP contribution in [0.5, 0.6) is 0 Å². The summed E-state index contributed by atoms with van der Waals surface area (Å²) in [6, 6.07) is 2.21. The highest BCUT2D eigenvalue weighted by Gasteiger charge is 2.02. The van der Waals surface area contributed by atoms with Crippen molar-refractivity contribution in [3.63, 3.8) is 0 Å². The molecule has 17 heavy (non-hydrogen) atoms. The minimum Gasteiger partial charge on any atom is -0.383 e. The molecule has 1 rings (SSSR count). The molecule has 4 heteroatoms. The van der Waals surface area contributed by atoms with Gasteiger partial charge in [0.15, 0.2) is 0 Å². The Kier molecular flexibility index (Phi) is 7.86. The highest BCUT2D eigenvalue weighted by molar-refractivity contribution is 7.16. The summed E-state index contributed by atoms with van der Waals surface area (Å²) in [6.07, 6.45) is 4.93. The van der Waals surface area contributed by atoms with Gasteiger partial charge in [0.05, 0.1) is 10.9 Å². The van der Waals surface area contributed by atoms with Crippen molar-refractivity contribution >= 4 is 22.9 Å². The fourth-order valence-corrected chi connectivity index (χ4v) is 2.96. The van der Waals surface area contributed by atoms with Crippen LogP contribution in [0.2, 0.25) is 4.34 Å². The molecule has 0 aliphatic heterocycles. The number of aryl methyl sites for hydroxylation is 2. The van der Waals surface area contributed by atoms with Crippen molar-refractivity contribution in [3.8, 4) is 0 Å². The van der Waals surface area contributed by atoms with E-state index < -0.39 is 0 Å². The highest BCUT2D eigenvalue weighted by Crippen LogP contribution is 2.27. The molecule has 0 fully saturated rings. The Morgan fingerprint density at radius 2 is 2.12 bits per heavy atom. The average molecular weight is 276 g/mol. The molecular weight excluding hydrogens is 254 g/mol. The monoisotopic (exact) mass is 275 g/mol. The number of unbranched alkanes of at least 4 members (excludes halogenated alkanes) is 2. The Morgan fingerprint density at radius 3 is 2.76 bits per heavy atom. The first-order valence-corrected chi connectivity index (χ1v) is 7.38. The quantitative estimate of drug-likeness (QED) is 0.695. The third-order valence-electron chi connectivity index (χ3n) is 2.67. The molecule has 0 unspecified atom stereocenters. The molecule has 2 nitrogen and oxygen atoms in total. The van der Waals surface area contributed by atoms with Crippen molar-refractivity contribution in [3.05, 3.63) is 20.8 Å². The predicted molar refractivity (Wildman–Crippen MR) is 76.4 cm³/mol. The minimum atomic E-state index is 0.799. The van der Waals surface area contributed by atoms with E-state index in [9.17, 15) is 0 Å². The summed E-state index contributed by atoms with van der Waals surface area (Å²) in [6.45, 7) is 4.92. The molecule has 0 saturated carbocycles. The smallest absolute Gasteiger partial charge is 0.0960 e. The topological polar surface area (TPSA) is 21.3 Å². The summed E-state index contributed by atoms with van der Waals surface area (Å²) < 4.78 is 5.91. The number of halogens is 1. The molecular formula is C13H22ClNOS. The number of nitrogens with one attached hydrogen (secondary N) is 1. The number of methoxy groups -OCH3 is 1. The second kappa shape index (κ2) is 8.92. The fraction of sp³-hybridized carbons (Fsp3) is 0.692. The zero-order valence-corrected chi connectivity index (χ0v) is 12.3. The van der Waals surface area contributed by atoms with E-state index in [4.69, 9.17) is 16.3 Å². The zero-order valence-electron chi connectivity index (χ0n) is 10.7. The molecule has 0 aliphatic carbocycles. The number of thiophene rings is 1. The molecule has 1 heterocycles. The summed E-state index contributed by atoms with van der Waals surface area (Å²) in [7, 11) is 1.73. The van der Waals surface area contributed by atoms with Gasteiger partial charge in [0.2, 0.25) is 0 Å². The van der Waals surface area contributed by atoms with Crippen LogP contribution < -0.4 is 5.32 Å². The van der Waals surface area contributed by atoms with Crippen LogP contribution in [0.15, 0.2) is 6.07 Å². The van der Waals surface area contributed by atoms with E-state index >= 15 is 0 Å². The lowest BCUT2D eigenvalue weighted by atomic mass is 10.1. The number of rotatable bonds is 9. The second-order valence-electron chi connectivity index (χ2n) is 4.22. The Hall–Kier alpha value is -0.0900. The third kappa shape index (κ3) is 6.41. The molecule has 0 bridgehead atoms. The summed E-state index contributed by atoms with van der Waals surface area (Å²) in [5.74, 6) is 0. The van der Waals surface area contributed by atoms with Crippen LogP contribution in [0.4, 0.5) is 0 Å². The predicted octanol–water partition coefficient (Wildman–Crippen LogP) is 3.66. The second-order valence-corrected chi connectivity index (χ2v) is 5.96. The van der Waals surface area contributed by atoms with E-state index in [1.54, 1.807) is 18.4 Å². The van der Waals surface area contributed by atoms with Crippen molar-refractivity contribution in [1.82, 2.24) is 5.32 Å². The van der Waals surface area contributed by atoms with Crippen molar-refractivity contribution in [2.75, 3.05) is 26.8 Å². The van der Waals surface area contributed by atoms with E-state index in [0.717, 1.165) is 30.5 Å². The SMILES string of the molecule is COCCNCCCCCc1cc(C)c(Cl)s1. The first-order chi connectivity index (χ1) is 8.24. The van der Waals surface area contributed by atoms with Crippen molar-refractivity contribution < 1.29 is 4.74 Å². The van der Waals surface area contributed by atoms with Crippen LogP contribution in [0.25, 0.3) is 0 Å². The number of hydrogen-bond donors (Lipinski definition) is 1. The van der Waals surface area contributed by atoms with Crippen LogP contribution in [-0.4, -0.2) is 26.8 Å². The van der Waals surface area contributed by atoms with Crippen LogP contribution >= 0.6 is 22.9 Å². The molecule has 98 valence electrons. The van der Waals surface area contributed by atoms with E-state index in [1.165, 1.54) is 29.7 Å². The Bertz CT molecular complexity index is 295. The first kappa shape index (κ1) is 15.0. The molecule has 0 saturated heterocycles. The first-order valence-electron chi connectivity index (χ1n) is 6.18. The number of hydrogen-bond acceptors (Lipinski definition) is 3. The maximum atomic E-state index is 6.04. The van der Waals surface area contributed by atoms with Gasteiger partial charge in [-0.3, -0.25) is 0 Å². The maximum Gasteiger partial charge on any atom is 0.0960 e. The summed E-state index contributed by atoms with van der Waals surface area (Å²) >= 11 is 7.76. The molecule has 0 atom stereocenters. The lowest BCUT2D eigenvalue weighted by Crippen LogP contribution is -2.20. The van der Waals surface area contributed by atoms with Crippen LogP contribution in [0.3, 0.4) is 0 Å². The summed E-state index contributed by atoms with van der Waals surface area (Å²) in [5, 5.41) is 3.35. The molecule has 0 aliphatic rings. The zero-order chi connectivity index (χ0) is 12.5. The summed E-state index contributed by atoms with van der Waals surface area (Å²) in [4.78, 5) is 1.42. The van der Waals surface area contributed by atoms with Gasteiger partial charge < -0.3 is 10.1 Å². The maximum absolute atomic E-state index is 6.04. The Morgan fingerprint density at radius 1 is 1.29 bits per heavy atom. The standard InChI is InChI=1S/C13H22ClNOS/c1-11-10-12(17-13(11)14)6-4-3-5-7-15-8-9-16-2/h10,15H,3-9H2,1-2H3. The van der Waals surface area contributed by atoms with Crippen molar-refractivity contribution in [1.29, 1.82) is 0 Å². The van der Waals surface area contributed by atoms with E-state index in [2.05, 4.69) is 18.3 Å². The average Bonchev–Trinajstić information content (AvgIpc) is 2.62. The Balaban J connectivity index is 1.97. The Labute approximate surface area is 113 Å². The molecule has 0 spiro atoms. The number of ether oxygens (including phenoxy) is 1. The van der Waals surface area contributed by atoms with Crippen LogP contribution in [-0.2, 0) is 11.2 Å². The highest BCUT2D eigenvalue weighted by atomic mass is 35.5. The van der Waals surface area contributed by atoms with E-state index in [1.807, 2.05) is 0 Å². The fourth-order valence-electron chi connectivity index (χ4n) is 1.67. The molecule has 1 aromatic rings. The van der Waals surface area contributed by atoms with Gasteiger partial charge in [-0.2, -0.15) is 0 Å². The van der Waals surface area contributed by atoms with Crippen molar-refractivity contribution in [2.45, 2.75) is 32.6 Å². The van der Waals surface area contributed by atoms with Gasteiger partial charge in [0.25, 0.3) is 0 Å². The van der Waals surface area contributed by atoms with Crippen LogP contribution in [0.1, 0.15) is 29.7 Å². The lowest BCUT2D eigenvalue weighted by molar-refractivity contribution is 0.199. The molecule has 0 amide bonds. The van der Waals surface area contributed by atoms with Gasteiger partial charge in [0.1, 0.15) is 0 Å². The third-order valence-corrected chi connectivity index (χ3v) is 4.28. The van der Waals surface area contributed by atoms with Gasteiger partial charge >= 0.3 is 0 Å². The molecule has 0 radical (unpaired) electrons. The van der Waals surface area contributed by atoms with Gasteiger partial charge in [0, 0.05) is 18.5 Å². The summed E-state index contributed by atoms with van der Waals surface area (Å²) in [5.41, 5.74) is 1.22. The van der Waals surface area contributed by atoms with Gasteiger partial charge in [-0.15, -0.1) is 11.3 Å². The molecule has 1 aromatic heterocycles. The van der Waals surface area contributed by atoms with Gasteiger partial charge in [-0.25, -0.2) is 0 Å². The largest absolute Gasteiger partial charge is 0.383 e. The minimum absolute atomic E-state index is 0.799. The normalized spacial score (nSPS) is 11.0. The van der Waals surface area contributed by atoms with E-state index in [-0.39, 0.29) is 0 Å². The van der Waals surface area contributed by atoms with Crippen LogP contribution in [0, 0.1) is 6.92 Å². The van der Waals surface area contributed by atoms with Crippen molar-refractivity contribution in [2.24, 2.45) is 0 Å². The van der Waals surface area contributed by atoms with Gasteiger partial charge in [-0.1, -0.05) is 18.0 Å².